The van der Waals surface area contributed by atoms with Crippen LogP contribution in [-0.4, -0.2) is 15.9 Å². The van der Waals surface area contributed by atoms with Gasteiger partial charge in [-0.3, -0.25) is 4.79 Å². The number of aryl methyl sites for hydroxylation is 4. The fourth-order valence-electron chi connectivity index (χ4n) is 2.85. The maximum atomic E-state index is 12.7. The number of hydrogen-bond acceptors (Lipinski definition) is 4. The highest BCUT2D eigenvalue weighted by Gasteiger charge is 2.12. The Morgan fingerprint density at radius 3 is 2.48 bits per heavy atom. The molecule has 5 nitrogen and oxygen atoms in total. The van der Waals surface area contributed by atoms with Crippen LogP contribution in [0.2, 0.25) is 0 Å². The van der Waals surface area contributed by atoms with E-state index in [2.05, 4.69) is 45.7 Å². The minimum atomic E-state index is -0.243. The number of nitrogens with zero attached hydrogens (tertiary/aromatic N) is 2. The number of benzene rings is 2. The van der Waals surface area contributed by atoms with Gasteiger partial charge in [-0.1, -0.05) is 42.0 Å². The van der Waals surface area contributed by atoms with Crippen LogP contribution in [0.3, 0.4) is 0 Å². The van der Waals surface area contributed by atoms with Crippen molar-refractivity contribution in [2.75, 3.05) is 10.6 Å². The van der Waals surface area contributed by atoms with Crippen molar-refractivity contribution in [2.45, 2.75) is 34.2 Å². The van der Waals surface area contributed by atoms with Gasteiger partial charge in [0.25, 0.3) is 5.91 Å². The highest BCUT2D eigenvalue weighted by atomic mass is 16.1. The maximum absolute atomic E-state index is 12.7. The number of nitrogens with one attached hydrogen (secondary N) is 2. The van der Waals surface area contributed by atoms with Gasteiger partial charge in [0.2, 0.25) is 0 Å². The summed E-state index contributed by atoms with van der Waals surface area (Å²) in [4.78, 5) is 21.3. The van der Waals surface area contributed by atoms with Gasteiger partial charge in [-0.2, -0.15) is 0 Å². The molecular formula is C22H24N4O. The van der Waals surface area contributed by atoms with Crippen LogP contribution in [0.15, 0.2) is 48.5 Å². The molecule has 2 aromatic carbocycles. The van der Waals surface area contributed by atoms with Crippen molar-refractivity contribution in [1.82, 2.24) is 9.97 Å². The van der Waals surface area contributed by atoms with Crippen molar-refractivity contribution in [3.05, 3.63) is 82.3 Å². The molecule has 1 heterocycles. The van der Waals surface area contributed by atoms with Crippen molar-refractivity contribution in [1.29, 1.82) is 0 Å². The van der Waals surface area contributed by atoms with Crippen LogP contribution in [-0.2, 0) is 6.54 Å². The second-order valence-electron chi connectivity index (χ2n) is 6.80. The highest BCUT2D eigenvalue weighted by Crippen LogP contribution is 2.18. The lowest BCUT2D eigenvalue weighted by molar-refractivity contribution is 0.102. The Hall–Kier alpha value is -3.21. The standard InChI is InChI=1S/C22H24N4O/c1-14-6-5-7-18(10-14)13-23-21-12-20(24-17(4)25-21)22(27)26-19-11-15(2)8-9-16(19)3/h5-12H,13H2,1-4H3,(H,26,27)(H,23,24,25). The molecule has 0 aliphatic rings. The lowest BCUT2D eigenvalue weighted by Crippen LogP contribution is -2.16. The third-order valence-electron chi connectivity index (χ3n) is 4.27. The van der Waals surface area contributed by atoms with Crippen molar-refractivity contribution < 1.29 is 4.79 Å². The van der Waals surface area contributed by atoms with Gasteiger partial charge in [0.05, 0.1) is 0 Å². The number of hydrogen-bond donors (Lipinski definition) is 2. The molecule has 0 saturated heterocycles. The monoisotopic (exact) mass is 360 g/mol. The Balaban J connectivity index is 1.76. The molecule has 2 N–H and O–H groups in total. The van der Waals surface area contributed by atoms with Crippen LogP contribution in [0.25, 0.3) is 0 Å². The van der Waals surface area contributed by atoms with Crippen LogP contribution in [0.5, 0.6) is 0 Å². The summed E-state index contributed by atoms with van der Waals surface area (Å²) in [5.41, 5.74) is 5.61. The van der Waals surface area contributed by atoms with E-state index in [1.54, 1.807) is 13.0 Å². The molecule has 1 aromatic heterocycles. The van der Waals surface area contributed by atoms with Gasteiger partial charge in [0, 0.05) is 18.3 Å². The fourth-order valence-corrected chi connectivity index (χ4v) is 2.85. The summed E-state index contributed by atoms with van der Waals surface area (Å²) < 4.78 is 0. The maximum Gasteiger partial charge on any atom is 0.274 e. The average molecular weight is 360 g/mol. The molecule has 0 saturated carbocycles. The lowest BCUT2D eigenvalue weighted by atomic mass is 10.1. The number of aromatic nitrogens is 2. The van der Waals surface area contributed by atoms with E-state index in [9.17, 15) is 4.79 Å². The topological polar surface area (TPSA) is 66.9 Å². The van der Waals surface area contributed by atoms with E-state index in [1.807, 2.05) is 38.1 Å². The summed E-state index contributed by atoms with van der Waals surface area (Å²) in [5.74, 6) is 0.943. The molecule has 0 unspecified atom stereocenters. The Kier molecular flexibility index (Phi) is 5.50. The third-order valence-corrected chi connectivity index (χ3v) is 4.27. The number of anilines is 2. The zero-order valence-electron chi connectivity index (χ0n) is 16.1. The van der Waals surface area contributed by atoms with Crippen LogP contribution < -0.4 is 10.6 Å². The largest absolute Gasteiger partial charge is 0.366 e. The van der Waals surface area contributed by atoms with Crippen LogP contribution in [0.1, 0.15) is 38.6 Å². The summed E-state index contributed by atoms with van der Waals surface area (Å²) in [7, 11) is 0. The predicted molar refractivity (Wildman–Crippen MR) is 109 cm³/mol. The molecule has 0 spiro atoms. The van der Waals surface area contributed by atoms with E-state index in [1.165, 1.54) is 5.56 Å². The van der Waals surface area contributed by atoms with Gasteiger partial charge < -0.3 is 10.6 Å². The number of amides is 1. The Morgan fingerprint density at radius 2 is 1.70 bits per heavy atom. The summed E-state index contributed by atoms with van der Waals surface area (Å²) in [5, 5.41) is 6.22. The molecule has 0 atom stereocenters. The van der Waals surface area contributed by atoms with Gasteiger partial charge in [-0.25, -0.2) is 9.97 Å². The number of carbonyl (C=O) groups is 1. The van der Waals surface area contributed by atoms with Crippen LogP contribution in [0, 0.1) is 27.7 Å². The Bertz CT molecular complexity index is 982. The summed E-state index contributed by atoms with van der Waals surface area (Å²) >= 11 is 0. The normalized spacial score (nSPS) is 10.5. The molecule has 0 aliphatic heterocycles. The molecule has 0 radical (unpaired) electrons. The first kappa shape index (κ1) is 18.6. The van der Waals surface area contributed by atoms with Crippen molar-refractivity contribution in [2.24, 2.45) is 0 Å². The molecule has 5 heteroatoms. The second-order valence-corrected chi connectivity index (χ2v) is 6.80. The first-order valence-corrected chi connectivity index (χ1v) is 8.94. The second kappa shape index (κ2) is 7.99. The number of carbonyl (C=O) groups excluding carboxylic acids is 1. The van der Waals surface area contributed by atoms with E-state index in [0.717, 1.165) is 22.4 Å². The van der Waals surface area contributed by atoms with Crippen LogP contribution >= 0.6 is 0 Å². The smallest absolute Gasteiger partial charge is 0.274 e. The summed E-state index contributed by atoms with van der Waals surface area (Å²) in [6.45, 7) is 8.45. The van der Waals surface area contributed by atoms with Crippen molar-refractivity contribution >= 4 is 17.4 Å². The molecule has 27 heavy (non-hydrogen) atoms. The highest BCUT2D eigenvalue weighted by molar-refractivity contribution is 6.03. The number of rotatable bonds is 5. The third kappa shape index (κ3) is 4.91. The molecule has 3 aromatic rings. The fraction of sp³-hybridized carbons (Fsp3) is 0.227. The van der Waals surface area contributed by atoms with E-state index in [-0.39, 0.29) is 5.91 Å². The minimum Gasteiger partial charge on any atom is -0.366 e. The molecule has 3 rings (SSSR count). The molecule has 138 valence electrons. The Morgan fingerprint density at radius 1 is 0.926 bits per heavy atom. The van der Waals surface area contributed by atoms with E-state index >= 15 is 0 Å². The van der Waals surface area contributed by atoms with Gasteiger partial charge >= 0.3 is 0 Å². The quantitative estimate of drug-likeness (QED) is 0.699. The lowest BCUT2D eigenvalue weighted by Gasteiger charge is -2.11. The molecule has 0 fully saturated rings. The zero-order chi connectivity index (χ0) is 19.4. The first-order chi connectivity index (χ1) is 12.9. The average Bonchev–Trinajstić information content (AvgIpc) is 2.62. The van der Waals surface area contributed by atoms with E-state index in [0.29, 0.717) is 23.9 Å². The zero-order valence-corrected chi connectivity index (χ0v) is 16.1. The minimum absolute atomic E-state index is 0.243. The van der Waals surface area contributed by atoms with Gasteiger partial charge in [-0.05, 0) is 50.5 Å². The molecule has 0 bridgehead atoms. The Labute approximate surface area is 159 Å². The summed E-state index contributed by atoms with van der Waals surface area (Å²) in [6, 6.07) is 15.9. The van der Waals surface area contributed by atoms with Gasteiger partial charge in [0.1, 0.15) is 17.3 Å². The predicted octanol–water partition coefficient (Wildman–Crippen LogP) is 4.57. The van der Waals surface area contributed by atoms with Crippen LogP contribution in [0.4, 0.5) is 11.5 Å². The van der Waals surface area contributed by atoms with Gasteiger partial charge in [0.15, 0.2) is 0 Å². The van der Waals surface area contributed by atoms with Crippen molar-refractivity contribution in [3.63, 3.8) is 0 Å². The van der Waals surface area contributed by atoms with E-state index in [4.69, 9.17) is 0 Å². The van der Waals surface area contributed by atoms with Crippen molar-refractivity contribution in [3.8, 4) is 0 Å². The molecule has 1 amide bonds. The van der Waals surface area contributed by atoms with E-state index < -0.39 is 0 Å². The molecule has 0 aliphatic carbocycles. The molecular weight excluding hydrogens is 336 g/mol. The SMILES string of the molecule is Cc1cccc(CNc2cc(C(=O)Nc3cc(C)ccc3C)nc(C)n2)c1. The van der Waals surface area contributed by atoms with Gasteiger partial charge in [-0.15, -0.1) is 0 Å². The summed E-state index contributed by atoms with van der Waals surface area (Å²) in [6.07, 6.45) is 0. The first-order valence-electron chi connectivity index (χ1n) is 8.94.